The van der Waals surface area contributed by atoms with Crippen molar-refractivity contribution in [3.05, 3.63) is 97.2 Å². The topological polar surface area (TPSA) is 78.9 Å². The number of esters is 3. The molecule has 0 bridgehead atoms. The lowest BCUT2D eigenvalue weighted by atomic mass is 10.1. The first-order valence-electron chi connectivity index (χ1n) is 27.3. The third kappa shape index (κ3) is 51.3. The van der Waals surface area contributed by atoms with Crippen molar-refractivity contribution in [3.8, 4) is 0 Å². The lowest BCUT2D eigenvalue weighted by molar-refractivity contribution is -0.167. The molecule has 6 heteroatoms. The molecule has 0 saturated heterocycles. The van der Waals surface area contributed by atoms with Crippen LogP contribution in [0.15, 0.2) is 97.2 Å². The summed E-state index contributed by atoms with van der Waals surface area (Å²) in [6, 6.07) is 0. The highest BCUT2D eigenvalue weighted by Gasteiger charge is 2.19. The number of unbranched alkanes of at least 4 members (excludes halogenated alkanes) is 24. The quantitative estimate of drug-likeness (QED) is 0.0199. The van der Waals surface area contributed by atoms with Crippen LogP contribution in [0.5, 0.6) is 0 Å². The normalized spacial score (nSPS) is 12.8. The number of carbonyl (C=O) groups excluding carboxylic acids is 3. The molecule has 0 aliphatic heterocycles. The van der Waals surface area contributed by atoms with Crippen LogP contribution < -0.4 is 0 Å². The van der Waals surface area contributed by atoms with Crippen molar-refractivity contribution in [1.82, 2.24) is 0 Å². The summed E-state index contributed by atoms with van der Waals surface area (Å²) in [6.45, 7) is 6.42. The predicted molar refractivity (Wildman–Crippen MR) is 284 cm³/mol. The zero-order chi connectivity index (χ0) is 47.9. The number of rotatable bonds is 48. The zero-order valence-electron chi connectivity index (χ0n) is 42.9. The molecule has 0 heterocycles. The van der Waals surface area contributed by atoms with Crippen LogP contribution in [-0.4, -0.2) is 37.2 Å². The molecule has 0 aliphatic rings. The van der Waals surface area contributed by atoms with Crippen molar-refractivity contribution >= 4 is 17.9 Å². The molecule has 0 spiro atoms. The van der Waals surface area contributed by atoms with E-state index in [9.17, 15) is 14.4 Å². The van der Waals surface area contributed by atoms with Gasteiger partial charge in [0, 0.05) is 19.3 Å². The van der Waals surface area contributed by atoms with Gasteiger partial charge in [0.2, 0.25) is 0 Å². The Hall–Kier alpha value is -3.67. The fourth-order valence-electron chi connectivity index (χ4n) is 7.27. The van der Waals surface area contributed by atoms with E-state index in [1.165, 1.54) is 96.3 Å². The second-order valence-electron chi connectivity index (χ2n) is 17.8. The number of ether oxygens (including phenoxy) is 3. The molecule has 6 nitrogen and oxygen atoms in total. The number of hydrogen-bond acceptors (Lipinski definition) is 6. The van der Waals surface area contributed by atoms with Crippen molar-refractivity contribution in [1.29, 1.82) is 0 Å². The molecule has 0 amide bonds. The Kier molecular flexibility index (Phi) is 50.9. The standard InChI is InChI=1S/C60H100O6/c1-4-7-10-13-16-19-22-25-27-29-31-32-35-38-41-44-47-50-53-59(62)65-56-57(55-64-58(61)52-49-46-43-40-37-34-24-21-18-15-12-9-6-3)66-60(63)54-51-48-45-42-39-36-33-30-28-26-23-20-17-14-11-8-5-2/h9,12,15,18,21,24,26-29,31-33,36,42,45,57H,4-8,10-11,13-14,16-17,19-20,22-23,25,30,34-35,37-41,43-44,46-56H2,1-3H3/b12-9-,18-15-,24-21-,28-26-,29-27-,32-31-,36-33-,45-42-. The van der Waals surface area contributed by atoms with Crippen molar-refractivity contribution in [3.63, 3.8) is 0 Å². The summed E-state index contributed by atoms with van der Waals surface area (Å²) < 4.78 is 16.7. The summed E-state index contributed by atoms with van der Waals surface area (Å²) in [5, 5.41) is 0. The molecule has 1 atom stereocenters. The van der Waals surface area contributed by atoms with Gasteiger partial charge in [-0.25, -0.2) is 0 Å². The monoisotopic (exact) mass is 917 g/mol. The fraction of sp³-hybridized carbons (Fsp3) is 0.683. The van der Waals surface area contributed by atoms with Crippen LogP contribution in [0, 0.1) is 0 Å². The largest absolute Gasteiger partial charge is 0.462 e. The van der Waals surface area contributed by atoms with E-state index in [-0.39, 0.29) is 37.5 Å². The van der Waals surface area contributed by atoms with Crippen LogP contribution in [0.25, 0.3) is 0 Å². The molecule has 0 aromatic rings. The maximum atomic E-state index is 12.8. The van der Waals surface area contributed by atoms with Gasteiger partial charge in [-0.3, -0.25) is 14.4 Å². The maximum Gasteiger partial charge on any atom is 0.306 e. The Morgan fingerprint density at radius 2 is 0.667 bits per heavy atom. The summed E-state index contributed by atoms with van der Waals surface area (Å²) in [6.07, 6.45) is 71.1. The Bertz CT molecular complexity index is 1330. The van der Waals surface area contributed by atoms with E-state index in [0.717, 1.165) is 103 Å². The lowest BCUT2D eigenvalue weighted by Crippen LogP contribution is -2.30. The smallest absolute Gasteiger partial charge is 0.306 e. The molecule has 0 aromatic heterocycles. The van der Waals surface area contributed by atoms with Gasteiger partial charge in [-0.1, -0.05) is 227 Å². The van der Waals surface area contributed by atoms with Crippen LogP contribution >= 0.6 is 0 Å². The van der Waals surface area contributed by atoms with Gasteiger partial charge >= 0.3 is 17.9 Å². The van der Waals surface area contributed by atoms with Crippen LogP contribution in [0.2, 0.25) is 0 Å². The first kappa shape index (κ1) is 62.3. The minimum absolute atomic E-state index is 0.113. The molecule has 0 saturated carbocycles. The molecule has 1 unspecified atom stereocenters. The first-order chi connectivity index (χ1) is 32.5. The molecule has 0 aromatic carbocycles. The van der Waals surface area contributed by atoms with Gasteiger partial charge in [0.15, 0.2) is 6.10 Å². The van der Waals surface area contributed by atoms with E-state index in [4.69, 9.17) is 14.2 Å². The minimum atomic E-state index is -0.820. The van der Waals surface area contributed by atoms with Gasteiger partial charge in [0.05, 0.1) is 0 Å². The molecule has 0 fully saturated rings. The maximum absolute atomic E-state index is 12.8. The third-order valence-corrected chi connectivity index (χ3v) is 11.4. The average Bonchev–Trinajstić information content (AvgIpc) is 3.31. The van der Waals surface area contributed by atoms with Crippen molar-refractivity contribution < 1.29 is 28.6 Å². The molecule has 376 valence electrons. The van der Waals surface area contributed by atoms with E-state index in [2.05, 4.69) is 118 Å². The summed E-state index contributed by atoms with van der Waals surface area (Å²) >= 11 is 0. The molecule has 0 radical (unpaired) electrons. The molecular formula is C60H100O6. The summed E-state index contributed by atoms with van der Waals surface area (Å²) in [5.41, 5.74) is 0. The highest BCUT2D eigenvalue weighted by atomic mass is 16.6. The lowest BCUT2D eigenvalue weighted by Gasteiger charge is -2.18. The fourth-order valence-corrected chi connectivity index (χ4v) is 7.27. The molecular weight excluding hydrogens is 817 g/mol. The van der Waals surface area contributed by atoms with E-state index >= 15 is 0 Å². The molecule has 0 rings (SSSR count). The van der Waals surface area contributed by atoms with Crippen molar-refractivity contribution in [2.45, 2.75) is 252 Å². The first-order valence-corrected chi connectivity index (χ1v) is 27.3. The van der Waals surface area contributed by atoms with E-state index in [1.54, 1.807) is 0 Å². The van der Waals surface area contributed by atoms with Gasteiger partial charge in [0.25, 0.3) is 0 Å². The third-order valence-electron chi connectivity index (χ3n) is 11.4. The highest BCUT2D eigenvalue weighted by molar-refractivity contribution is 5.71. The molecule has 0 N–H and O–H groups in total. The predicted octanol–water partition coefficient (Wildman–Crippen LogP) is 18.1. The summed E-state index contributed by atoms with van der Waals surface area (Å²) in [5.74, 6) is -1.00. The number of carbonyl (C=O) groups is 3. The number of hydrogen-bond donors (Lipinski definition) is 0. The Balaban J connectivity index is 4.51. The van der Waals surface area contributed by atoms with E-state index in [0.29, 0.717) is 19.3 Å². The number of allylic oxidation sites excluding steroid dienone is 16. The Morgan fingerprint density at radius 3 is 1.11 bits per heavy atom. The van der Waals surface area contributed by atoms with Crippen LogP contribution in [0.1, 0.15) is 245 Å². The summed E-state index contributed by atoms with van der Waals surface area (Å²) in [4.78, 5) is 38.0. The van der Waals surface area contributed by atoms with Gasteiger partial charge in [-0.2, -0.15) is 0 Å². The van der Waals surface area contributed by atoms with Gasteiger partial charge in [0.1, 0.15) is 13.2 Å². The van der Waals surface area contributed by atoms with Crippen LogP contribution in [-0.2, 0) is 28.6 Å². The van der Waals surface area contributed by atoms with Crippen LogP contribution in [0.3, 0.4) is 0 Å². The van der Waals surface area contributed by atoms with Crippen molar-refractivity contribution in [2.75, 3.05) is 13.2 Å². The second kappa shape index (κ2) is 53.9. The second-order valence-corrected chi connectivity index (χ2v) is 17.8. The highest BCUT2D eigenvalue weighted by Crippen LogP contribution is 2.13. The van der Waals surface area contributed by atoms with Crippen LogP contribution in [0.4, 0.5) is 0 Å². The average molecular weight is 917 g/mol. The van der Waals surface area contributed by atoms with Gasteiger partial charge in [-0.05, 0) is 96.3 Å². The SMILES string of the molecule is CC\C=C/C=C\C=C/CCCCCCCC(=O)OCC(COC(=O)CCCCCCC/C=C\C=C/CCCCCCCCC)OC(=O)CCC/C=C\C/C=C\C/C=C\CCCCCCCC. The molecule has 66 heavy (non-hydrogen) atoms. The minimum Gasteiger partial charge on any atom is -0.462 e. The summed E-state index contributed by atoms with van der Waals surface area (Å²) in [7, 11) is 0. The van der Waals surface area contributed by atoms with Gasteiger partial charge in [-0.15, -0.1) is 0 Å². The van der Waals surface area contributed by atoms with Crippen molar-refractivity contribution in [2.24, 2.45) is 0 Å². The Labute approximate surface area is 407 Å². The zero-order valence-corrected chi connectivity index (χ0v) is 42.9. The van der Waals surface area contributed by atoms with E-state index in [1.807, 2.05) is 0 Å². The van der Waals surface area contributed by atoms with Gasteiger partial charge < -0.3 is 14.2 Å². The Morgan fingerprint density at radius 1 is 0.333 bits per heavy atom. The molecule has 0 aliphatic carbocycles. The van der Waals surface area contributed by atoms with E-state index < -0.39 is 6.10 Å².